The highest BCUT2D eigenvalue weighted by molar-refractivity contribution is 5.59. The Labute approximate surface area is 63.8 Å². The largest absolute Gasteiger partial charge is 0.508 e. The van der Waals surface area contributed by atoms with E-state index in [4.69, 9.17) is 16.2 Å². The lowest BCUT2D eigenvalue weighted by molar-refractivity contribution is 0.475. The molecule has 1 rings (SSSR count). The van der Waals surface area contributed by atoms with E-state index in [2.05, 4.69) is 5.43 Å². The summed E-state index contributed by atoms with van der Waals surface area (Å²) >= 11 is 0. The summed E-state index contributed by atoms with van der Waals surface area (Å²) in [7, 11) is 0. The Balaban J connectivity index is 3.19. The molecule has 4 nitrogen and oxygen atoms in total. The van der Waals surface area contributed by atoms with Gasteiger partial charge in [0.15, 0.2) is 0 Å². The minimum atomic E-state index is 0.0805. The highest BCUT2D eigenvalue weighted by Crippen LogP contribution is 2.19. The van der Waals surface area contributed by atoms with E-state index in [9.17, 15) is 0 Å². The van der Waals surface area contributed by atoms with E-state index < -0.39 is 0 Å². The lowest BCUT2D eigenvalue weighted by Crippen LogP contribution is -2.07. The molecule has 0 aliphatic rings. The van der Waals surface area contributed by atoms with Crippen molar-refractivity contribution in [3.8, 4) is 11.8 Å². The Hall–Kier alpha value is -1.73. The quantitative estimate of drug-likeness (QED) is 0.402. The average Bonchev–Trinajstić information content (AvgIpc) is 2.04. The van der Waals surface area contributed by atoms with E-state index in [1.165, 1.54) is 18.2 Å². The van der Waals surface area contributed by atoms with Crippen LogP contribution < -0.4 is 11.3 Å². The molecule has 0 aliphatic heterocycles. The number of phenols is 1. The van der Waals surface area contributed by atoms with Gasteiger partial charge in [0.1, 0.15) is 11.8 Å². The van der Waals surface area contributed by atoms with Gasteiger partial charge >= 0.3 is 0 Å². The highest BCUT2D eigenvalue weighted by Gasteiger charge is 1.99. The second-order valence-electron chi connectivity index (χ2n) is 1.99. The van der Waals surface area contributed by atoms with Gasteiger partial charge in [-0.1, -0.05) is 0 Å². The zero-order valence-corrected chi connectivity index (χ0v) is 5.70. The fraction of sp³-hybridized carbons (Fsp3) is 0. The van der Waals surface area contributed by atoms with Gasteiger partial charge in [0.05, 0.1) is 11.3 Å². The molecule has 0 fully saturated rings. The van der Waals surface area contributed by atoms with Gasteiger partial charge in [0.25, 0.3) is 0 Å². The molecule has 56 valence electrons. The van der Waals surface area contributed by atoms with Crippen molar-refractivity contribution in [2.75, 3.05) is 5.43 Å². The molecule has 4 N–H and O–H groups in total. The van der Waals surface area contributed by atoms with Crippen LogP contribution in [-0.4, -0.2) is 5.11 Å². The Morgan fingerprint density at radius 2 is 2.27 bits per heavy atom. The van der Waals surface area contributed by atoms with Gasteiger partial charge < -0.3 is 10.5 Å². The van der Waals surface area contributed by atoms with Crippen LogP contribution in [0.3, 0.4) is 0 Å². The van der Waals surface area contributed by atoms with E-state index in [0.717, 1.165) is 0 Å². The zero-order valence-electron chi connectivity index (χ0n) is 5.70. The molecular weight excluding hydrogens is 142 g/mol. The first-order chi connectivity index (χ1) is 5.27. The van der Waals surface area contributed by atoms with Gasteiger partial charge in [-0.15, -0.1) is 0 Å². The van der Waals surface area contributed by atoms with Crippen LogP contribution >= 0.6 is 0 Å². The molecule has 1 aromatic carbocycles. The maximum atomic E-state index is 8.96. The van der Waals surface area contributed by atoms with Crippen LogP contribution in [0.25, 0.3) is 0 Å². The van der Waals surface area contributed by atoms with Gasteiger partial charge in [-0.05, 0) is 12.1 Å². The number of nitrogen functional groups attached to an aromatic ring is 1. The molecule has 0 radical (unpaired) electrons. The van der Waals surface area contributed by atoms with E-state index in [1.807, 2.05) is 6.07 Å². The van der Waals surface area contributed by atoms with Crippen molar-refractivity contribution in [1.29, 1.82) is 5.26 Å². The van der Waals surface area contributed by atoms with Crippen molar-refractivity contribution in [2.45, 2.75) is 0 Å². The predicted molar refractivity (Wildman–Crippen MR) is 40.6 cm³/mol. The van der Waals surface area contributed by atoms with Crippen molar-refractivity contribution in [2.24, 2.45) is 5.84 Å². The molecule has 0 aromatic heterocycles. The number of nitrogens with one attached hydrogen (secondary N) is 1. The fourth-order valence-electron chi connectivity index (χ4n) is 0.749. The van der Waals surface area contributed by atoms with Crippen LogP contribution in [0.1, 0.15) is 5.56 Å². The molecule has 4 heteroatoms. The number of aromatic hydroxyl groups is 1. The van der Waals surface area contributed by atoms with Crippen molar-refractivity contribution in [3.05, 3.63) is 23.8 Å². The fourth-order valence-corrected chi connectivity index (χ4v) is 0.749. The number of benzene rings is 1. The third-order valence-electron chi connectivity index (χ3n) is 1.28. The summed E-state index contributed by atoms with van der Waals surface area (Å²) in [6, 6.07) is 6.23. The lowest BCUT2D eigenvalue weighted by Gasteiger charge is -2.01. The van der Waals surface area contributed by atoms with Crippen LogP contribution in [0.5, 0.6) is 5.75 Å². The Morgan fingerprint density at radius 1 is 1.55 bits per heavy atom. The first kappa shape index (κ1) is 7.38. The summed E-state index contributed by atoms with van der Waals surface area (Å²) in [5.41, 5.74) is 3.14. The van der Waals surface area contributed by atoms with Crippen LogP contribution in [0.2, 0.25) is 0 Å². The molecule has 0 saturated carbocycles. The third kappa shape index (κ3) is 1.39. The highest BCUT2D eigenvalue weighted by atomic mass is 16.3. The maximum absolute atomic E-state index is 8.96. The predicted octanol–water partition coefficient (Wildman–Crippen LogP) is 0.549. The Kier molecular flexibility index (Phi) is 1.95. The van der Waals surface area contributed by atoms with Gasteiger partial charge in [-0.2, -0.15) is 5.26 Å². The number of nitrogens with two attached hydrogens (primary N) is 1. The molecule has 0 saturated heterocycles. The van der Waals surface area contributed by atoms with E-state index >= 15 is 0 Å². The van der Waals surface area contributed by atoms with Crippen LogP contribution in [0.15, 0.2) is 18.2 Å². The molecule has 0 spiro atoms. The SMILES string of the molecule is N#Cc1ccc(O)cc1NN. The van der Waals surface area contributed by atoms with Crippen molar-refractivity contribution < 1.29 is 5.11 Å². The van der Waals surface area contributed by atoms with Crippen molar-refractivity contribution >= 4 is 5.69 Å². The third-order valence-corrected chi connectivity index (χ3v) is 1.28. The van der Waals surface area contributed by atoms with Gasteiger partial charge in [-0.25, -0.2) is 0 Å². The van der Waals surface area contributed by atoms with Crippen LogP contribution in [0, 0.1) is 11.3 Å². The molecular formula is C7H7N3O. The number of hydrogen-bond donors (Lipinski definition) is 3. The summed E-state index contributed by atoms with van der Waals surface area (Å²) in [4.78, 5) is 0. The summed E-state index contributed by atoms with van der Waals surface area (Å²) in [5, 5.41) is 17.5. The van der Waals surface area contributed by atoms with Crippen molar-refractivity contribution in [3.63, 3.8) is 0 Å². The van der Waals surface area contributed by atoms with E-state index in [1.54, 1.807) is 0 Å². The number of anilines is 1. The Morgan fingerprint density at radius 3 is 2.82 bits per heavy atom. The summed E-state index contributed by atoms with van der Waals surface area (Å²) in [6.45, 7) is 0. The number of nitriles is 1. The number of phenolic OH excluding ortho intramolecular Hbond substituents is 1. The second kappa shape index (κ2) is 2.90. The maximum Gasteiger partial charge on any atom is 0.117 e. The number of rotatable bonds is 1. The molecule has 0 aliphatic carbocycles. The standard InChI is InChI=1S/C7H7N3O/c8-4-5-1-2-6(11)3-7(5)10-9/h1-3,10-11H,9H2. The normalized spacial score (nSPS) is 8.73. The molecule has 1 aromatic rings. The number of hydrazine groups is 1. The Bertz CT molecular complexity index is 303. The monoisotopic (exact) mass is 149 g/mol. The minimum absolute atomic E-state index is 0.0805. The smallest absolute Gasteiger partial charge is 0.117 e. The number of nitrogens with zero attached hydrogens (tertiary/aromatic N) is 1. The van der Waals surface area contributed by atoms with Crippen LogP contribution in [0.4, 0.5) is 5.69 Å². The van der Waals surface area contributed by atoms with E-state index in [-0.39, 0.29) is 5.75 Å². The molecule has 11 heavy (non-hydrogen) atoms. The van der Waals surface area contributed by atoms with Gasteiger partial charge in [0, 0.05) is 6.07 Å². The number of hydrogen-bond acceptors (Lipinski definition) is 4. The summed E-state index contributed by atoms with van der Waals surface area (Å²) < 4.78 is 0. The summed E-state index contributed by atoms with van der Waals surface area (Å²) in [6.07, 6.45) is 0. The second-order valence-corrected chi connectivity index (χ2v) is 1.99. The zero-order chi connectivity index (χ0) is 8.27. The van der Waals surface area contributed by atoms with Gasteiger partial charge in [0.2, 0.25) is 0 Å². The molecule has 0 bridgehead atoms. The lowest BCUT2D eigenvalue weighted by atomic mass is 10.2. The topological polar surface area (TPSA) is 82.1 Å². The first-order valence-corrected chi connectivity index (χ1v) is 2.97. The average molecular weight is 149 g/mol. The minimum Gasteiger partial charge on any atom is -0.508 e. The van der Waals surface area contributed by atoms with Crippen molar-refractivity contribution in [1.82, 2.24) is 0 Å². The van der Waals surface area contributed by atoms with Crippen LogP contribution in [-0.2, 0) is 0 Å². The van der Waals surface area contributed by atoms with Gasteiger partial charge in [-0.3, -0.25) is 5.84 Å². The molecule has 0 atom stereocenters. The van der Waals surface area contributed by atoms with E-state index in [0.29, 0.717) is 11.3 Å². The summed E-state index contributed by atoms with van der Waals surface area (Å²) in [5.74, 6) is 5.16. The first-order valence-electron chi connectivity index (χ1n) is 2.97. The molecule has 0 unspecified atom stereocenters. The molecule has 0 amide bonds. The molecule has 0 heterocycles.